The zero-order chi connectivity index (χ0) is 21.7. The van der Waals surface area contributed by atoms with Gasteiger partial charge in [0.1, 0.15) is 0 Å². The van der Waals surface area contributed by atoms with E-state index in [9.17, 15) is 24.0 Å². The second-order valence-corrected chi connectivity index (χ2v) is 6.50. The van der Waals surface area contributed by atoms with Crippen molar-refractivity contribution >= 4 is 40.6 Å². The number of rotatable bonds is 7. The van der Waals surface area contributed by atoms with E-state index < -0.39 is 36.4 Å². The normalized spacial score (nSPS) is 12.6. The predicted octanol–water partition coefficient (Wildman–Crippen LogP) is 2.03. The Kier molecular flexibility index (Phi) is 6.41. The zero-order valence-electron chi connectivity index (χ0n) is 16.3. The minimum absolute atomic E-state index is 0.0342. The molecule has 0 atom stereocenters. The fourth-order valence-electron chi connectivity index (χ4n) is 3.20. The number of amides is 4. The Hall–Kier alpha value is -3.75. The molecule has 30 heavy (non-hydrogen) atoms. The predicted molar refractivity (Wildman–Crippen MR) is 105 cm³/mol. The molecule has 0 saturated heterocycles. The first-order chi connectivity index (χ1) is 14.4. The second-order valence-electron chi connectivity index (χ2n) is 6.50. The summed E-state index contributed by atoms with van der Waals surface area (Å²) in [4.78, 5) is 61.0. The van der Waals surface area contributed by atoms with Crippen molar-refractivity contribution in [1.29, 1.82) is 0 Å². The molecule has 1 heterocycles. The van der Waals surface area contributed by atoms with Crippen molar-refractivity contribution in [2.75, 3.05) is 19.8 Å². The fourth-order valence-corrected chi connectivity index (χ4v) is 3.20. The van der Waals surface area contributed by atoms with E-state index in [4.69, 9.17) is 4.74 Å². The Morgan fingerprint density at radius 3 is 2.20 bits per heavy atom. The maximum absolute atomic E-state index is 12.8. The molecule has 0 bridgehead atoms. The SMILES string of the molecule is CCOC(=O)NC(=O)COC(=O)CCCN1C(=O)c2cccc3cccc(c23)C1=O. The van der Waals surface area contributed by atoms with Gasteiger partial charge in [-0.3, -0.25) is 29.4 Å². The van der Waals surface area contributed by atoms with Crippen LogP contribution in [0.3, 0.4) is 0 Å². The number of carbonyl (C=O) groups is 5. The number of hydrogen-bond donors (Lipinski definition) is 1. The molecule has 3 rings (SSSR count). The average molecular weight is 412 g/mol. The summed E-state index contributed by atoms with van der Waals surface area (Å²) in [6, 6.07) is 10.5. The molecule has 0 unspecified atom stereocenters. The van der Waals surface area contributed by atoms with E-state index in [2.05, 4.69) is 4.74 Å². The Bertz CT molecular complexity index is 980. The van der Waals surface area contributed by atoms with Crippen LogP contribution in [0.5, 0.6) is 0 Å². The summed E-state index contributed by atoms with van der Waals surface area (Å²) in [5.41, 5.74) is 0.891. The lowest BCUT2D eigenvalue weighted by molar-refractivity contribution is -0.148. The van der Waals surface area contributed by atoms with E-state index in [1.165, 1.54) is 0 Å². The minimum atomic E-state index is -0.920. The maximum atomic E-state index is 12.8. The summed E-state index contributed by atoms with van der Waals surface area (Å²) in [6.45, 7) is 1.09. The first-order valence-corrected chi connectivity index (χ1v) is 9.42. The van der Waals surface area contributed by atoms with Crippen molar-refractivity contribution in [1.82, 2.24) is 10.2 Å². The van der Waals surface area contributed by atoms with Gasteiger partial charge in [-0.25, -0.2) is 4.79 Å². The Morgan fingerprint density at radius 1 is 0.967 bits per heavy atom. The molecule has 4 amide bonds. The van der Waals surface area contributed by atoms with Gasteiger partial charge in [0.2, 0.25) is 0 Å². The molecule has 0 fully saturated rings. The molecule has 156 valence electrons. The smallest absolute Gasteiger partial charge is 0.413 e. The molecule has 2 aromatic rings. The van der Waals surface area contributed by atoms with Crippen LogP contribution in [0.15, 0.2) is 36.4 Å². The van der Waals surface area contributed by atoms with Crippen LogP contribution >= 0.6 is 0 Å². The summed E-state index contributed by atoms with van der Waals surface area (Å²) in [5.74, 6) is -2.32. The maximum Gasteiger partial charge on any atom is 0.413 e. The number of ether oxygens (including phenoxy) is 2. The highest BCUT2D eigenvalue weighted by Crippen LogP contribution is 2.30. The molecule has 2 aromatic carbocycles. The highest BCUT2D eigenvalue weighted by atomic mass is 16.6. The van der Waals surface area contributed by atoms with Crippen LogP contribution in [-0.4, -0.2) is 54.4 Å². The van der Waals surface area contributed by atoms with Crippen LogP contribution in [0.4, 0.5) is 4.79 Å². The number of imide groups is 2. The van der Waals surface area contributed by atoms with E-state index in [1.54, 1.807) is 31.2 Å². The molecule has 1 aliphatic rings. The first-order valence-electron chi connectivity index (χ1n) is 9.42. The lowest BCUT2D eigenvalue weighted by Gasteiger charge is -2.27. The monoisotopic (exact) mass is 412 g/mol. The van der Waals surface area contributed by atoms with E-state index in [1.807, 2.05) is 17.4 Å². The van der Waals surface area contributed by atoms with Crippen LogP contribution < -0.4 is 5.32 Å². The van der Waals surface area contributed by atoms with Crippen LogP contribution in [0.2, 0.25) is 0 Å². The van der Waals surface area contributed by atoms with Gasteiger partial charge in [-0.2, -0.15) is 0 Å². The Labute approximate surface area is 171 Å². The van der Waals surface area contributed by atoms with Crippen LogP contribution in [0.25, 0.3) is 10.8 Å². The van der Waals surface area contributed by atoms with Crippen LogP contribution in [0.1, 0.15) is 40.5 Å². The molecular formula is C21H20N2O7. The van der Waals surface area contributed by atoms with Gasteiger partial charge >= 0.3 is 12.1 Å². The molecule has 0 aromatic heterocycles. The summed E-state index contributed by atoms with van der Waals surface area (Å²) in [6.07, 6.45) is -0.847. The fraction of sp³-hybridized carbons (Fsp3) is 0.286. The van der Waals surface area contributed by atoms with Gasteiger partial charge in [-0.1, -0.05) is 24.3 Å². The topological polar surface area (TPSA) is 119 Å². The quantitative estimate of drug-likeness (QED) is 0.546. The van der Waals surface area contributed by atoms with Gasteiger partial charge in [-0.05, 0) is 30.9 Å². The molecule has 9 heteroatoms. The third-order valence-corrected chi connectivity index (χ3v) is 4.50. The van der Waals surface area contributed by atoms with E-state index in [-0.39, 0.29) is 26.0 Å². The standard InChI is InChI=1S/C21H20N2O7/c1-2-29-21(28)22-16(24)12-30-17(25)10-5-11-23-19(26)14-8-3-6-13-7-4-9-15(18(13)14)20(23)27/h3-4,6-9H,2,5,10-12H2,1H3,(H,22,24,28). The van der Waals surface area contributed by atoms with Crippen molar-refractivity contribution < 1.29 is 33.4 Å². The van der Waals surface area contributed by atoms with Crippen molar-refractivity contribution in [3.05, 3.63) is 47.5 Å². The summed E-state index contributed by atoms with van der Waals surface area (Å²) in [7, 11) is 0. The van der Waals surface area contributed by atoms with Crippen molar-refractivity contribution in [2.45, 2.75) is 19.8 Å². The zero-order valence-corrected chi connectivity index (χ0v) is 16.3. The van der Waals surface area contributed by atoms with Crippen LogP contribution in [0, 0.1) is 0 Å². The molecule has 1 aliphatic heterocycles. The second kappa shape index (κ2) is 9.17. The summed E-state index contributed by atoms with van der Waals surface area (Å²) < 4.78 is 9.32. The number of hydrogen-bond acceptors (Lipinski definition) is 7. The van der Waals surface area contributed by atoms with Gasteiger partial charge in [0.05, 0.1) is 6.61 Å². The van der Waals surface area contributed by atoms with E-state index in [0.717, 1.165) is 10.3 Å². The number of carbonyl (C=O) groups excluding carboxylic acids is 5. The molecule has 9 nitrogen and oxygen atoms in total. The molecule has 1 N–H and O–H groups in total. The van der Waals surface area contributed by atoms with E-state index >= 15 is 0 Å². The highest BCUT2D eigenvalue weighted by Gasteiger charge is 2.32. The number of nitrogens with zero attached hydrogens (tertiary/aromatic N) is 1. The molecular weight excluding hydrogens is 392 g/mol. The Balaban J connectivity index is 1.52. The van der Waals surface area contributed by atoms with Gasteiger partial charge in [0.15, 0.2) is 6.61 Å². The first kappa shape index (κ1) is 21.0. The van der Waals surface area contributed by atoms with Crippen molar-refractivity contribution in [3.63, 3.8) is 0 Å². The van der Waals surface area contributed by atoms with Gasteiger partial charge < -0.3 is 9.47 Å². The number of esters is 1. The van der Waals surface area contributed by atoms with Crippen LogP contribution in [-0.2, 0) is 19.1 Å². The summed E-state index contributed by atoms with van der Waals surface area (Å²) >= 11 is 0. The van der Waals surface area contributed by atoms with Crippen molar-refractivity contribution in [2.24, 2.45) is 0 Å². The number of alkyl carbamates (subject to hydrolysis) is 1. The largest absolute Gasteiger partial charge is 0.456 e. The lowest BCUT2D eigenvalue weighted by atomic mass is 9.94. The van der Waals surface area contributed by atoms with Crippen molar-refractivity contribution in [3.8, 4) is 0 Å². The third-order valence-electron chi connectivity index (χ3n) is 4.50. The third kappa shape index (κ3) is 4.45. The Morgan fingerprint density at radius 2 is 1.60 bits per heavy atom. The number of nitrogens with one attached hydrogen (secondary N) is 1. The van der Waals surface area contributed by atoms with Gasteiger partial charge in [0.25, 0.3) is 17.7 Å². The van der Waals surface area contributed by atoms with Gasteiger partial charge in [0, 0.05) is 29.5 Å². The lowest BCUT2D eigenvalue weighted by Crippen LogP contribution is -2.41. The van der Waals surface area contributed by atoms with Gasteiger partial charge in [-0.15, -0.1) is 0 Å². The number of benzene rings is 2. The molecule has 0 saturated carbocycles. The minimum Gasteiger partial charge on any atom is -0.456 e. The molecule has 0 spiro atoms. The highest BCUT2D eigenvalue weighted by molar-refractivity contribution is 6.25. The molecule has 0 radical (unpaired) electrons. The molecule has 0 aliphatic carbocycles. The summed E-state index contributed by atoms with van der Waals surface area (Å²) in [5, 5.41) is 3.35. The average Bonchev–Trinajstić information content (AvgIpc) is 2.73. The van der Waals surface area contributed by atoms with E-state index in [0.29, 0.717) is 16.5 Å².